The van der Waals surface area contributed by atoms with Crippen LogP contribution in [0.3, 0.4) is 0 Å². The van der Waals surface area contributed by atoms with Crippen LogP contribution in [0, 0.1) is 3.70 Å². The van der Waals surface area contributed by atoms with E-state index in [1.807, 2.05) is 13.0 Å². The van der Waals surface area contributed by atoms with E-state index in [1.54, 1.807) is 6.20 Å². The highest BCUT2D eigenvalue weighted by Gasteiger charge is 2.10. The lowest BCUT2D eigenvalue weighted by Gasteiger charge is -1.97. The fourth-order valence-corrected chi connectivity index (χ4v) is 2.60. The van der Waals surface area contributed by atoms with Gasteiger partial charge in [0.05, 0.1) is 8.72 Å². The molecule has 0 aliphatic heterocycles. The van der Waals surface area contributed by atoms with Crippen molar-refractivity contribution in [2.75, 3.05) is 0 Å². The lowest BCUT2D eigenvalue weighted by atomic mass is 10.1. The molecule has 0 atom stereocenters. The average molecular weight is 319 g/mol. The molecule has 14 heavy (non-hydrogen) atoms. The summed E-state index contributed by atoms with van der Waals surface area (Å²) in [6, 6.07) is 1.91. The number of aromatic amines is 1. The van der Waals surface area contributed by atoms with E-state index in [9.17, 15) is 0 Å². The third-order valence-electron chi connectivity index (χ3n) is 2.00. The normalized spacial score (nSPS) is 10.8. The molecule has 2 aromatic rings. The molecule has 0 aliphatic carbocycles. The van der Waals surface area contributed by atoms with Gasteiger partial charge in [0.15, 0.2) is 0 Å². The first kappa shape index (κ1) is 9.98. The van der Waals surface area contributed by atoms with Crippen molar-refractivity contribution < 1.29 is 0 Å². The summed E-state index contributed by atoms with van der Waals surface area (Å²) in [7, 11) is 0. The van der Waals surface area contributed by atoms with Crippen LogP contribution < -0.4 is 0 Å². The number of fused-ring (bicyclic) bond motifs is 1. The number of nitrogens with zero attached hydrogens (tertiary/aromatic N) is 1. The van der Waals surface area contributed by atoms with Gasteiger partial charge in [-0.05, 0) is 41.2 Å². The SMILES string of the molecule is C=C(C)c1c(I)[nH]c2ncc(Cl)cc12. The van der Waals surface area contributed by atoms with Crippen molar-refractivity contribution in [3.63, 3.8) is 0 Å². The second-order valence-electron chi connectivity index (χ2n) is 3.14. The predicted octanol–water partition coefficient (Wildman–Crippen LogP) is 3.85. The summed E-state index contributed by atoms with van der Waals surface area (Å²) in [5.41, 5.74) is 2.98. The van der Waals surface area contributed by atoms with Crippen LogP contribution in [0.2, 0.25) is 5.02 Å². The first-order chi connectivity index (χ1) is 6.59. The molecule has 0 amide bonds. The molecule has 0 radical (unpaired) electrons. The monoisotopic (exact) mass is 318 g/mol. The molecular formula is C10H8ClIN2. The van der Waals surface area contributed by atoms with Crippen molar-refractivity contribution >= 4 is 50.8 Å². The minimum absolute atomic E-state index is 0.649. The minimum atomic E-state index is 0.649. The number of pyridine rings is 1. The Morgan fingerprint density at radius 1 is 1.64 bits per heavy atom. The molecule has 1 N–H and O–H groups in total. The highest BCUT2D eigenvalue weighted by molar-refractivity contribution is 14.1. The highest BCUT2D eigenvalue weighted by Crippen LogP contribution is 2.29. The van der Waals surface area contributed by atoms with Gasteiger partial charge in [-0.15, -0.1) is 0 Å². The van der Waals surface area contributed by atoms with Crippen LogP contribution in [0.15, 0.2) is 18.8 Å². The molecule has 2 nitrogen and oxygen atoms in total. The molecule has 0 unspecified atom stereocenters. The lowest BCUT2D eigenvalue weighted by molar-refractivity contribution is 1.30. The Morgan fingerprint density at radius 3 is 3.00 bits per heavy atom. The van der Waals surface area contributed by atoms with Crippen LogP contribution in [0.25, 0.3) is 16.6 Å². The van der Waals surface area contributed by atoms with Gasteiger partial charge in [0, 0.05) is 17.1 Å². The van der Waals surface area contributed by atoms with Gasteiger partial charge in [0.2, 0.25) is 0 Å². The Bertz CT molecular complexity index is 516. The number of nitrogens with one attached hydrogen (secondary N) is 1. The molecule has 0 aliphatic rings. The summed E-state index contributed by atoms with van der Waals surface area (Å²) in [6.07, 6.45) is 1.64. The molecule has 0 fully saturated rings. The fraction of sp³-hybridized carbons (Fsp3) is 0.100. The number of hydrogen-bond acceptors (Lipinski definition) is 1. The number of H-pyrrole nitrogens is 1. The zero-order chi connectivity index (χ0) is 10.3. The second-order valence-corrected chi connectivity index (χ2v) is 4.66. The molecule has 0 bridgehead atoms. The summed E-state index contributed by atoms with van der Waals surface area (Å²) >= 11 is 8.14. The minimum Gasteiger partial charge on any atom is -0.334 e. The van der Waals surface area contributed by atoms with Crippen LogP contribution in [0.5, 0.6) is 0 Å². The summed E-state index contributed by atoms with van der Waals surface area (Å²) in [4.78, 5) is 7.40. The first-order valence-corrected chi connectivity index (χ1v) is 5.54. The van der Waals surface area contributed by atoms with Gasteiger partial charge in [-0.3, -0.25) is 0 Å². The second kappa shape index (κ2) is 3.55. The highest BCUT2D eigenvalue weighted by atomic mass is 127. The number of aromatic nitrogens is 2. The molecule has 0 aromatic carbocycles. The van der Waals surface area contributed by atoms with Gasteiger partial charge >= 0.3 is 0 Å². The number of halogens is 2. The molecule has 0 spiro atoms. The average Bonchev–Trinajstić information content (AvgIpc) is 2.40. The zero-order valence-electron chi connectivity index (χ0n) is 7.56. The maximum Gasteiger partial charge on any atom is 0.138 e. The summed E-state index contributed by atoms with van der Waals surface area (Å²) in [5.74, 6) is 0. The topological polar surface area (TPSA) is 28.7 Å². The van der Waals surface area contributed by atoms with Gasteiger partial charge in [-0.2, -0.15) is 0 Å². The Balaban J connectivity index is 2.86. The Morgan fingerprint density at radius 2 is 2.36 bits per heavy atom. The van der Waals surface area contributed by atoms with Gasteiger partial charge in [-0.1, -0.05) is 18.2 Å². The van der Waals surface area contributed by atoms with Crippen molar-refractivity contribution in [1.82, 2.24) is 9.97 Å². The number of allylic oxidation sites excluding steroid dienone is 1. The van der Waals surface area contributed by atoms with E-state index >= 15 is 0 Å². The van der Waals surface area contributed by atoms with Crippen molar-refractivity contribution in [3.8, 4) is 0 Å². The van der Waals surface area contributed by atoms with Crippen molar-refractivity contribution in [1.29, 1.82) is 0 Å². The van der Waals surface area contributed by atoms with Crippen LogP contribution in [0.1, 0.15) is 12.5 Å². The Kier molecular flexibility index (Phi) is 2.53. The Labute approximate surface area is 101 Å². The van der Waals surface area contributed by atoms with E-state index in [-0.39, 0.29) is 0 Å². The molecule has 2 rings (SSSR count). The zero-order valence-corrected chi connectivity index (χ0v) is 10.5. The van der Waals surface area contributed by atoms with Gasteiger partial charge < -0.3 is 4.98 Å². The largest absolute Gasteiger partial charge is 0.334 e. The van der Waals surface area contributed by atoms with Gasteiger partial charge in [0.25, 0.3) is 0 Å². The standard InChI is InChI=1S/C10H8ClIN2/c1-5(2)8-7-3-6(11)4-13-10(7)14-9(8)12/h3-4H,1H2,2H3,(H,13,14). The van der Waals surface area contributed by atoms with E-state index < -0.39 is 0 Å². The molecular weight excluding hydrogens is 310 g/mol. The molecule has 2 aromatic heterocycles. The molecule has 0 saturated carbocycles. The van der Waals surface area contributed by atoms with Crippen molar-refractivity contribution in [2.24, 2.45) is 0 Å². The van der Waals surface area contributed by atoms with E-state index in [0.717, 1.165) is 25.9 Å². The fourth-order valence-electron chi connectivity index (χ4n) is 1.43. The van der Waals surface area contributed by atoms with E-state index in [2.05, 4.69) is 39.1 Å². The van der Waals surface area contributed by atoms with Crippen LogP contribution in [-0.2, 0) is 0 Å². The maximum absolute atomic E-state index is 5.90. The van der Waals surface area contributed by atoms with E-state index in [1.165, 1.54) is 0 Å². The third-order valence-corrected chi connectivity index (χ3v) is 3.01. The molecule has 72 valence electrons. The van der Waals surface area contributed by atoms with E-state index in [0.29, 0.717) is 5.02 Å². The molecule has 2 heterocycles. The predicted molar refractivity (Wildman–Crippen MR) is 68.5 cm³/mol. The van der Waals surface area contributed by atoms with Crippen molar-refractivity contribution in [3.05, 3.63) is 33.1 Å². The van der Waals surface area contributed by atoms with Crippen molar-refractivity contribution in [2.45, 2.75) is 6.92 Å². The van der Waals surface area contributed by atoms with Gasteiger partial charge in [-0.25, -0.2) is 4.98 Å². The Hall–Kier alpha value is -0.550. The summed E-state index contributed by atoms with van der Waals surface area (Å²) in [6.45, 7) is 5.92. The number of rotatable bonds is 1. The summed E-state index contributed by atoms with van der Waals surface area (Å²) in [5, 5.41) is 1.69. The lowest BCUT2D eigenvalue weighted by Crippen LogP contribution is -1.79. The first-order valence-electron chi connectivity index (χ1n) is 4.08. The van der Waals surface area contributed by atoms with Crippen LogP contribution >= 0.6 is 34.2 Å². The molecule has 0 saturated heterocycles. The summed E-state index contributed by atoms with van der Waals surface area (Å²) < 4.78 is 1.06. The van der Waals surface area contributed by atoms with E-state index in [4.69, 9.17) is 11.6 Å². The third kappa shape index (κ3) is 1.54. The molecule has 4 heteroatoms. The number of hydrogen-bond donors (Lipinski definition) is 1. The maximum atomic E-state index is 5.90. The van der Waals surface area contributed by atoms with Crippen LogP contribution in [0.4, 0.5) is 0 Å². The van der Waals surface area contributed by atoms with Gasteiger partial charge in [0.1, 0.15) is 5.65 Å². The van der Waals surface area contributed by atoms with Crippen LogP contribution in [-0.4, -0.2) is 9.97 Å². The quantitative estimate of drug-likeness (QED) is 0.795. The smallest absolute Gasteiger partial charge is 0.138 e.